The van der Waals surface area contributed by atoms with Crippen molar-refractivity contribution in [3.8, 4) is 6.07 Å². The minimum Gasteiger partial charge on any atom is -0.478 e. The monoisotopic (exact) mass is 286 g/mol. The maximum absolute atomic E-state index is 11.1. The van der Waals surface area contributed by atoms with Gasteiger partial charge in [-0.2, -0.15) is 5.26 Å². The van der Waals surface area contributed by atoms with Gasteiger partial charge in [0.05, 0.1) is 21.8 Å². The van der Waals surface area contributed by atoms with Gasteiger partial charge in [0.15, 0.2) is 0 Å². The summed E-state index contributed by atoms with van der Waals surface area (Å²) in [6.45, 7) is 1.73. The zero-order valence-corrected chi connectivity index (χ0v) is 11.4. The number of benzene rings is 2. The Labute approximate surface area is 121 Å². The summed E-state index contributed by atoms with van der Waals surface area (Å²) in [5.41, 5.74) is 2.35. The van der Waals surface area contributed by atoms with Crippen molar-refractivity contribution in [3.05, 3.63) is 58.1 Å². The van der Waals surface area contributed by atoms with E-state index in [1.807, 2.05) is 6.07 Å². The summed E-state index contributed by atoms with van der Waals surface area (Å²) in [6, 6.07) is 12.1. The Morgan fingerprint density at radius 2 is 2.10 bits per heavy atom. The van der Waals surface area contributed by atoms with Crippen molar-refractivity contribution in [3.63, 3.8) is 0 Å². The number of aromatic carboxylic acids is 1. The molecule has 0 heterocycles. The molecule has 5 heteroatoms. The average molecular weight is 287 g/mol. The molecule has 0 aliphatic rings. The highest BCUT2D eigenvalue weighted by atomic mass is 35.5. The number of hydrogen-bond acceptors (Lipinski definition) is 3. The minimum absolute atomic E-state index is 0.218. The molecule has 0 bridgehead atoms. The van der Waals surface area contributed by atoms with Crippen LogP contribution < -0.4 is 5.32 Å². The smallest absolute Gasteiger partial charge is 0.336 e. The number of nitriles is 1. The first kappa shape index (κ1) is 13.9. The molecule has 0 unspecified atom stereocenters. The summed E-state index contributed by atoms with van der Waals surface area (Å²) < 4.78 is 0. The highest BCUT2D eigenvalue weighted by Crippen LogP contribution is 2.27. The summed E-state index contributed by atoms with van der Waals surface area (Å²) in [4.78, 5) is 11.1. The van der Waals surface area contributed by atoms with Crippen LogP contribution in [-0.4, -0.2) is 11.1 Å². The van der Waals surface area contributed by atoms with E-state index in [9.17, 15) is 4.79 Å². The van der Waals surface area contributed by atoms with Crippen LogP contribution in [0.15, 0.2) is 36.4 Å². The average Bonchev–Trinajstić information content (AvgIpc) is 2.41. The van der Waals surface area contributed by atoms with Crippen molar-refractivity contribution in [2.45, 2.75) is 6.92 Å². The second kappa shape index (κ2) is 5.64. The van der Waals surface area contributed by atoms with Gasteiger partial charge in [-0.05, 0) is 36.8 Å². The van der Waals surface area contributed by atoms with E-state index in [0.717, 1.165) is 0 Å². The molecule has 0 spiro atoms. The Bertz CT molecular complexity index is 720. The van der Waals surface area contributed by atoms with E-state index in [1.54, 1.807) is 37.3 Å². The number of halogens is 1. The fourth-order valence-electron chi connectivity index (χ4n) is 1.83. The fourth-order valence-corrected chi connectivity index (χ4v) is 2.04. The molecule has 0 radical (unpaired) electrons. The number of aryl methyl sites for hydroxylation is 1. The Morgan fingerprint density at radius 1 is 1.35 bits per heavy atom. The number of nitrogens with zero attached hydrogens (tertiary/aromatic N) is 1. The SMILES string of the molecule is Cc1ccc(Nc2cccc(Cl)c2C#N)cc1C(=O)O. The zero-order valence-electron chi connectivity index (χ0n) is 10.6. The Balaban J connectivity index is 2.41. The number of hydrogen-bond donors (Lipinski definition) is 2. The number of carboxylic acids is 1. The molecule has 2 aromatic rings. The molecule has 2 N–H and O–H groups in total. The molecule has 0 saturated carbocycles. The molecule has 0 saturated heterocycles. The van der Waals surface area contributed by atoms with Crippen LogP contribution in [-0.2, 0) is 0 Å². The fraction of sp³-hybridized carbons (Fsp3) is 0.0667. The lowest BCUT2D eigenvalue weighted by atomic mass is 10.1. The molecule has 0 amide bonds. The summed E-state index contributed by atoms with van der Waals surface area (Å²) in [5, 5.41) is 21.6. The van der Waals surface area contributed by atoms with Crippen LogP contribution in [0, 0.1) is 18.3 Å². The number of carbonyl (C=O) groups is 1. The predicted molar refractivity (Wildman–Crippen MR) is 77.6 cm³/mol. The first-order chi connectivity index (χ1) is 9.52. The van der Waals surface area contributed by atoms with Crippen molar-refractivity contribution in [2.24, 2.45) is 0 Å². The second-order valence-corrected chi connectivity index (χ2v) is 4.64. The third-order valence-corrected chi connectivity index (χ3v) is 3.19. The molecule has 0 aromatic heterocycles. The molecule has 0 aliphatic heterocycles. The van der Waals surface area contributed by atoms with Crippen LogP contribution in [0.25, 0.3) is 0 Å². The quantitative estimate of drug-likeness (QED) is 0.895. The van der Waals surface area contributed by atoms with Crippen molar-refractivity contribution >= 4 is 28.9 Å². The molecular formula is C15H11ClN2O2. The number of nitrogens with one attached hydrogen (secondary N) is 1. The molecular weight excluding hydrogens is 276 g/mol. The lowest BCUT2D eigenvalue weighted by Crippen LogP contribution is -2.01. The van der Waals surface area contributed by atoms with E-state index < -0.39 is 5.97 Å². The first-order valence-electron chi connectivity index (χ1n) is 5.82. The largest absolute Gasteiger partial charge is 0.478 e. The van der Waals surface area contributed by atoms with Crippen LogP contribution in [0.2, 0.25) is 5.02 Å². The molecule has 0 aliphatic carbocycles. The molecule has 100 valence electrons. The van der Waals surface area contributed by atoms with Gasteiger partial charge in [0, 0.05) is 5.69 Å². The number of carboxylic acid groups (broad SMARTS) is 1. The van der Waals surface area contributed by atoms with E-state index in [4.69, 9.17) is 22.0 Å². The highest BCUT2D eigenvalue weighted by Gasteiger charge is 2.10. The van der Waals surface area contributed by atoms with E-state index >= 15 is 0 Å². The van der Waals surface area contributed by atoms with Crippen LogP contribution in [0.1, 0.15) is 21.5 Å². The summed E-state index contributed by atoms with van der Waals surface area (Å²) in [7, 11) is 0. The normalized spacial score (nSPS) is 9.85. The van der Waals surface area contributed by atoms with E-state index in [0.29, 0.717) is 27.5 Å². The first-order valence-corrected chi connectivity index (χ1v) is 6.20. The van der Waals surface area contributed by atoms with Crippen LogP contribution in [0.5, 0.6) is 0 Å². The van der Waals surface area contributed by atoms with Gasteiger partial charge in [0.1, 0.15) is 6.07 Å². The van der Waals surface area contributed by atoms with E-state index in [1.165, 1.54) is 6.07 Å². The van der Waals surface area contributed by atoms with Crippen LogP contribution in [0.3, 0.4) is 0 Å². The molecule has 2 rings (SSSR count). The van der Waals surface area contributed by atoms with Gasteiger partial charge >= 0.3 is 5.97 Å². The zero-order chi connectivity index (χ0) is 14.7. The van der Waals surface area contributed by atoms with Crippen LogP contribution in [0.4, 0.5) is 11.4 Å². The minimum atomic E-state index is -0.988. The van der Waals surface area contributed by atoms with Crippen molar-refractivity contribution in [1.29, 1.82) is 5.26 Å². The van der Waals surface area contributed by atoms with Crippen LogP contribution >= 0.6 is 11.6 Å². The summed E-state index contributed by atoms with van der Waals surface area (Å²) in [5.74, 6) is -0.988. The van der Waals surface area contributed by atoms with Gasteiger partial charge in [-0.3, -0.25) is 0 Å². The van der Waals surface area contributed by atoms with Crippen molar-refractivity contribution in [2.75, 3.05) is 5.32 Å². The van der Waals surface area contributed by atoms with Crippen molar-refractivity contribution in [1.82, 2.24) is 0 Å². The standard InChI is InChI=1S/C15H11ClN2O2/c1-9-5-6-10(7-11(9)15(19)20)18-14-4-2-3-13(16)12(14)8-17/h2-7,18H,1H3,(H,19,20). The molecule has 0 atom stereocenters. The van der Waals surface area contributed by atoms with Crippen molar-refractivity contribution < 1.29 is 9.90 Å². The molecule has 4 nitrogen and oxygen atoms in total. The van der Waals surface area contributed by atoms with Gasteiger partial charge < -0.3 is 10.4 Å². The number of anilines is 2. The lowest BCUT2D eigenvalue weighted by molar-refractivity contribution is 0.0696. The molecule has 20 heavy (non-hydrogen) atoms. The van der Waals surface area contributed by atoms with Gasteiger partial charge in [0.2, 0.25) is 0 Å². The van der Waals surface area contributed by atoms with E-state index in [-0.39, 0.29) is 5.56 Å². The Morgan fingerprint density at radius 3 is 2.75 bits per heavy atom. The van der Waals surface area contributed by atoms with Gasteiger partial charge in [0.25, 0.3) is 0 Å². The second-order valence-electron chi connectivity index (χ2n) is 4.23. The lowest BCUT2D eigenvalue weighted by Gasteiger charge is -2.10. The van der Waals surface area contributed by atoms with E-state index in [2.05, 4.69) is 5.32 Å². The van der Waals surface area contributed by atoms with Gasteiger partial charge in [-0.25, -0.2) is 4.79 Å². The third-order valence-electron chi connectivity index (χ3n) is 2.87. The summed E-state index contributed by atoms with van der Waals surface area (Å²) >= 11 is 5.95. The third kappa shape index (κ3) is 2.73. The molecule has 0 fully saturated rings. The van der Waals surface area contributed by atoms with Gasteiger partial charge in [-0.15, -0.1) is 0 Å². The Hall–Kier alpha value is -2.51. The predicted octanol–water partition coefficient (Wildman–Crippen LogP) is 3.96. The maximum atomic E-state index is 11.1. The molecule has 2 aromatic carbocycles. The number of rotatable bonds is 3. The highest BCUT2D eigenvalue weighted by molar-refractivity contribution is 6.32. The Kier molecular flexibility index (Phi) is 3.92. The van der Waals surface area contributed by atoms with Gasteiger partial charge in [-0.1, -0.05) is 23.7 Å². The maximum Gasteiger partial charge on any atom is 0.336 e. The summed E-state index contributed by atoms with van der Waals surface area (Å²) in [6.07, 6.45) is 0. The topological polar surface area (TPSA) is 73.1 Å².